The first kappa shape index (κ1) is 14.5. The normalized spacial score (nSPS) is 24.8. The molecule has 3 N–H and O–H groups in total. The fraction of sp³-hybridized carbons (Fsp3) is 0.600. The molecule has 2 aliphatic rings. The van der Waals surface area contributed by atoms with E-state index in [0.717, 1.165) is 21.5 Å². The van der Waals surface area contributed by atoms with Gasteiger partial charge in [0.25, 0.3) is 0 Å². The molecule has 2 atom stereocenters. The molecule has 1 aliphatic carbocycles. The van der Waals surface area contributed by atoms with Gasteiger partial charge < -0.3 is 5.32 Å². The van der Waals surface area contributed by atoms with Crippen molar-refractivity contribution in [3.63, 3.8) is 0 Å². The molecule has 1 aliphatic heterocycles. The van der Waals surface area contributed by atoms with Crippen LogP contribution in [-0.4, -0.2) is 12.3 Å². The fourth-order valence-electron chi connectivity index (χ4n) is 3.12. The summed E-state index contributed by atoms with van der Waals surface area (Å²) in [6, 6.07) is 6.50. The van der Waals surface area contributed by atoms with Crippen LogP contribution >= 0.6 is 23.5 Å². The smallest absolute Gasteiger partial charge is 0.142 e. The molecule has 2 unspecified atom stereocenters. The van der Waals surface area contributed by atoms with Crippen molar-refractivity contribution in [1.29, 1.82) is 0 Å². The third kappa shape index (κ3) is 3.42. The first-order chi connectivity index (χ1) is 9.72. The van der Waals surface area contributed by atoms with Gasteiger partial charge in [0.15, 0.2) is 0 Å². The summed E-state index contributed by atoms with van der Waals surface area (Å²) >= 11 is 7.65. The standard InChI is InChI=1S/C15H22ClN3S/c1-10(11-5-3-2-4-6-11)17-15-18-13-8-7-12(16)9-14(13)20-19-15/h7-11,15,17-19H,2-6H2,1H3. The molecular weight excluding hydrogens is 290 g/mol. The largest absolute Gasteiger partial charge is 0.356 e. The van der Waals surface area contributed by atoms with Crippen LogP contribution in [0.5, 0.6) is 0 Å². The van der Waals surface area contributed by atoms with E-state index in [1.54, 1.807) is 11.9 Å². The lowest BCUT2D eigenvalue weighted by Gasteiger charge is -2.34. The Morgan fingerprint density at radius 2 is 2.10 bits per heavy atom. The van der Waals surface area contributed by atoms with Gasteiger partial charge in [-0.15, -0.1) is 0 Å². The Bertz CT molecular complexity index is 462. The van der Waals surface area contributed by atoms with Gasteiger partial charge in [-0.3, -0.25) is 5.32 Å². The Hall–Kier alpha value is -0.420. The highest BCUT2D eigenvalue weighted by Crippen LogP contribution is 2.32. The third-order valence-corrected chi connectivity index (χ3v) is 5.46. The maximum atomic E-state index is 6.01. The molecule has 1 aromatic carbocycles. The van der Waals surface area contributed by atoms with Crippen LogP contribution in [0, 0.1) is 5.92 Å². The minimum atomic E-state index is 0.116. The van der Waals surface area contributed by atoms with Gasteiger partial charge in [-0.2, -0.15) is 0 Å². The van der Waals surface area contributed by atoms with Crippen LogP contribution in [0.2, 0.25) is 5.02 Å². The van der Waals surface area contributed by atoms with Crippen molar-refractivity contribution in [2.75, 3.05) is 5.32 Å². The summed E-state index contributed by atoms with van der Waals surface area (Å²) in [6.45, 7) is 2.31. The summed E-state index contributed by atoms with van der Waals surface area (Å²) < 4.78 is 3.41. The van der Waals surface area contributed by atoms with Crippen molar-refractivity contribution in [3.05, 3.63) is 23.2 Å². The number of fused-ring (bicyclic) bond motifs is 1. The van der Waals surface area contributed by atoms with E-state index in [1.807, 2.05) is 18.2 Å². The van der Waals surface area contributed by atoms with Crippen LogP contribution in [0.4, 0.5) is 5.69 Å². The lowest BCUT2D eigenvalue weighted by Crippen LogP contribution is -2.52. The van der Waals surface area contributed by atoms with Crippen LogP contribution in [0.15, 0.2) is 23.1 Å². The Morgan fingerprint density at radius 1 is 1.30 bits per heavy atom. The zero-order valence-corrected chi connectivity index (χ0v) is 13.4. The van der Waals surface area contributed by atoms with Crippen molar-refractivity contribution in [3.8, 4) is 0 Å². The van der Waals surface area contributed by atoms with Gasteiger partial charge in [-0.05, 0) is 55.8 Å². The fourth-order valence-corrected chi connectivity index (χ4v) is 4.15. The monoisotopic (exact) mass is 311 g/mol. The van der Waals surface area contributed by atoms with E-state index in [0.29, 0.717) is 6.04 Å². The average molecular weight is 312 g/mol. The van der Waals surface area contributed by atoms with Crippen LogP contribution < -0.4 is 15.4 Å². The van der Waals surface area contributed by atoms with Gasteiger partial charge in [0.2, 0.25) is 0 Å². The lowest BCUT2D eigenvalue weighted by molar-refractivity contribution is 0.267. The van der Waals surface area contributed by atoms with Crippen molar-refractivity contribution in [1.82, 2.24) is 10.0 Å². The molecule has 1 fully saturated rings. The molecule has 1 aromatic rings. The van der Waals surface area contributed by atoms with Gasteiger partial charge in [0.1, 0.15) is 6.29 Å². The van der Waals surface area contributed by atoms with Gasteiger partial charge in [-0.1, -0.05) is 30.9 Å². The van der Waals surface area contributed by atoms with Gasteiger partial charge in [-0.25, -0.2) is 4.72 Å². The van der Waals surface area contributed by atoms with Crippen LogP contribution in [-0.2, 0) is 0 Å². The highest BCUT2D eigenvalue weighted by atomic mass is 35.5. The quantitative estimate of drug-likeness (QED) is 0.731. The predicted molar refractivity (Wildman–Crippen MR) is 87.0 cm³/mol. The molecule has 0 saturated heterocycles. The zero-order valence-electron chi connectivity index (χ0n) is 11.8. The molecule has 0 amide bonds. The van der Waals surface area contributed by atoms with Crippen molar-refractivity contribution in [2.45, 2.75) is 56.3 Å². The average Bonchev–Trinajstić information content (AvgIpc) is 2.48. The second kappa shape index (κ2) is 6.56. The maximum absolute atomic E-state index is 6.01. The number of rotatable bonds is 3. The number of halogens is 1. The number of hydrogen-bond donors (Lipinski definition) is 3. The second-order valence-electron chi connectivity index (χ2n) is 5.79. The molecule has 1 heterocycles. The van der Waals surface area contributed by atoms with Crippen molar-refractivity contribution < 1.29 is 0 Å². The van der Waals surface area contributed by atoms with E-state index >= 15 is 0 Å². The molecule has 1 saturated carbocycles. The van der Waals surface area contributed by atoms with Gasteiger partial charge in [0.05, 0.1) is 5.69 Å². The summed E-state index contributed by atoms with van der Waals surface area (Å²) in [5, 5.41) is 7.94. The Kier molecular flexibility index (Phi) is 4.76. The lowest BCUT2D eigenvalue weighted by atomic mass is 9.84. The predicted octanol–water partition coefficient (Wildman–Crippen LogP) is 4.20. The van der Waals surface area contributed by atoms with E-state index in [4.69, 9.17) is 11.6 Å². The van der Waals surface area contributed by atoms with E-state index < -0.39 is 0 Å². The summed E-state index contributed by atoms with van der Waals surface area (Å²) in [7, 11) is 0. The highest BCUT2D eigenvalue weighted by Gasteiger charge is 2.24. The maximum Gasteiger partial charge on any atom is 0.142 e. The molecule has 0 bridgehead atoms. The molecule has 0 spiro atoms. The first-order valence-electron chi connectivity index (χ1n) is 7.47. The SMILES string of the molecule is CC(NC1NSc2cc(Cl)ccc2N1)C1CCCCC1. The zero-order chi connectivity index (χ0) is 13.9. The highest BCUT2D eigenvalue weighted by molar-refractivity contribution is 7.97. The minimum Gasteiger partial charge on any atom is -0.356 e. The number of benzene rings is 1. The van der Waals surface area contributed by atoms with Crippen LogP contribution in [0.1, 0.15) is 39.0 Å². The molecule has 3 rings (SSSR count). The van der Waals surface area contributed by atoms with E-state index in [9.17, 15) is 0 Å². The summed E-state index contributed by atoms with van der Waals surface area (Å²) in [4.78, 5) is 1.15. The molecule has 110 valence electrons. The topological polar surface area (TPSA) is 36.1 Å². The molecule has 0 radical (unpaired) electrons. The van der Waals surface area contributed by atoms with E-state index in [2.05, 4.69) is 22.3 Å². The molecule has 0 aromatic heterocycles. The number of nitrogens with one attached hydrogen (secondary N) is 3. The third-order valence-electron chi connectivity index (χ3n) is 4.32. The second-order valence-corrected chi connectivity index (χ2v) is 7.11. The Morgan fingerprint density at radius 3 is 2.90 bits per heavy atom. The van der Waals surface area contributed by atoms with Gasteiger partial charge >= 0.3 is 0 Å². The Labute approximate surface area is 130 Å². The van der Waals surface area contributed by atoms with Crippen molar-refractivity contribution in [2.24, 2.45) is 5.92 Å². The first-order valence-corrected chi connectivity index (χ1v) is 8.66. The molecule has 3 nitrogen and oxygen atoms in total. The van der Waals surface area contributed by atoms with Gasteiger partial charge in [0, 0.05) is 16.0 Å². The van der Waals surface area contributed by atoms with E-state index in [1.165, 1.54) is 32.1 Å². The summed E-state index contributed by atoms with van der Waals surface area (Å²) in [6.07, 6.45) is 7.02. The minimum absolute atomic E-state index is 0.116. The number of hydrogen-bond acceptors (Lipinski definition) is 4. The molecule has 20 heavy (non-hydrogen) atoms. The van der Waals surface area contributed by atoms with E-state index in [-0.39, 0.29) is 6.29 Å². The van der Waals surface area contributed by atoms with Crippen LogP contribution in [0.3, 0.4) is 0 Å². The summed E-state index contributed by atoms with van der Waals surface area (Å²) in [5.74, 6) is 0.809. The summed E-state index contributed by atoms with van der Waals surface area (Å²) in [5.41, 5.74) is 1.14. The van der Waals surface area contributed by atoms with Crippen LogP contribution in [0.25, 0.3) is 0 Å². The molecular formula is C15H22ClN3S. The van der Waals surface area contributed by atoms with Crippen molar-refractivity contribution >= 4 is 29.2 Å². The Balaban J connectivity index is 1.58. The molecule has 5 heteroatoms. The number of anilines is 1.